The molecule has 2 aliphatic heterocycles. The lowest BCUT2D eigenvalue weighted by Crippen LogP contribution is -2.30. The molecule has 36 heavy (non-hydrogen) atoms. The van der Waals surface area contributed by atoms with E-state index in [9.17, 15) is 14.4 Å². The van der Waals surface area contributed by atoms with Gasteiger partial charge in [0.2, 0.25) is 0 Å². The lowest BCUT2D eigenvalue weighted by Gasteiger charge is -2.23. The number of esters is 1. The third kappa shape index (κ3) is 6.63. The average molecular weight is 499 g/mol. The van der Waals surface area contributed by atoms with E-state index in [4.69, 9.17) is 23.7 Å². The Hall–Kier alpha value is -2.95. The van der Waals surface area contributed by atoms with Crippen molar-refractivity contribution in [2.45, 2.75) is 58.2 Å². The summed E-state index contributed by atoms with van der Waals surface area (Å²) in [5.74, 6) is -1.64. The number of benzene rings is 1. The molecule has 1 aromatic rings. The first kappa shape index (κ1) is 27.6. The van der Waals surface area contributed by atoms with E-state index in [1.165, 1.54) is 13.2 Å². The minimum Gasteiger partial charge on any atom is -0.467 e. The molecule has 2 aliphatic rings. The smallest absolute Gasteiger partial charge is 0.342 e. The Bertz CT molecular complexity index is 1040. The number of ether oxygens (including phenoxy) is 5. The van der Waals surface area contributed by atoms with Crippen LogP contribution in [0.15, 0.2) is 30.4 Å². The molecule has 0 radical (unpaired) electrons. The van der Waals surface area contributed by atoms with Crippen LogP contribution in [0.1, 0.15) is 50.0 Å². The molecule has 1 saturated heterocycles. The summed E-state index contributed by atoms with van der Waals surface area (Å²) >= 11 is 0. The number of rotatable bonds is 6. The molecule has 0 saturated carbocycles. The number of hydrogen-bond acceptors (Lipinski definition) is 9. The van der Waals surface area contributed by atoms with Gasteiger partial charge in [0.25, 0.3) is 0 Å². The van der Waals surface area contributed by atoms with Crippen molar-refractivity contribution >= 4 is 37.1 Å². The fourth-order valence-corrected chi connectivity index (χ4v) is 4.06. The molecule has 194 valence electrons. The number of cyclic esters (lactones) is 1. The predicted octanol–water partition coefficient (Wildman–Crippen LogP) is 2.89. The Morgan fingerprint density at radius 3 is 2.64 bits per heavy atom. The number of fused-ring (bicyclic) bond motifs is 2. The summed E-state index contributed by atoms with van der Waals surface area (Å²) in [6.07, 6.45) is 6.17. The maximum absolute atomic E-state index is 13.4. The van der Waals surface area contributed by atoms with E-state index in [1.807, 2.05) is 13.0 Å². The molecule has 0 aliphatic carbocycles. The van der Waals surface area contributed by atoms with E-state index in [1.54, 1.807) is 56.9 Å². The number of anilines is 1. The summed E-state index contributed by atoms with van der Waals surface area (Å²) in [5.41, 5.74) is 1.45. The normalized spacial score (nSPS) is 27.6. The zero-order valence-electron chi connectivity index (χ0n) is 21.7. The molecule has 0 amide bonds. The molecule has 0 aromatic heterocycles. The van der Waals surface area contributed by atoms with Crippen LogP contribution in [-0.2, 0) is 28.5 Å². The van der Waals surface area contributed by atoms with Gasteiger partial charge >= 0.3 is 13.4 Å². The van der Waals surface area contributed by atoms with Crippen molar-refractivity contribution in [3.63, 3.8) is 0 Å². The van der Waals surface area contributed by atoms with Crippen molar-refractivity contribution in [1.82, 2.24) is 0 Å². The molecule has 0 spiro atoms. The highest BCUT2D eigenvalue weighted by Gasteiger charge is 2.43. The Balaban J connectivity index is 2.11. The Morgan fingerprint density at radius 1 is 1.19 bits per heavy atom. The summed E-state index contributed by atoms with van der Waals surface area (Å²) in [4.78, 5) is 39.1. The summed E-state index contributed by atoms with van der Waals surface area (Å²) in [6, 6.07) is 3.47. The van der Waals surface area contributed by atoms with Crippen LogP contribution >= 0.6 is 0 Å². The molecule has 2 heterocycles. The van der Waals surface area contributed by atoms with Gasteiger partial charge in [0.15, 0.2) is 18.4 Å². The van der Waals surface area contributed by atoms with Crippen LogP contribution < -0.4 is 9.55 Å². The van der Waals surface area contributed by atoms with Crippen molar-refractivity contribution < 1.29 is 38.1 Å². The summed E-state index contributed by atoms with van der Waals surface area (Å²) in [6.45, 7) is 7.10. The minimum atomic E-state index is -0.900. The molecule has 3 rings (SSSR count). The lowest BCUT2D eigenvalue weighted by molar-refractivity contribution is -0.152. The van der Waals surface area contributed by atoms with Crippen LogP contribution in [-0.4, -0.2) is 70.4 Å². The first-order valence-corrected chi connectivity index (χ1v) is 12.0. The number of carbonyl (C=O) groups is 3. The summed E-state index contributed by atoms with van der Waals surface area (Å²) < 4.78 is 28.5. The van der Waals surface area contributed by atoms with Crippen LogP contribution in [0.5, 0.6) is 5.75 Å². The minimum absolute atomic E-state index is 0.0783. The van der Waals surface area contributed by atoms with Gasteiger partial charge in [-0.3, -0.25) is 4.79 Å². The average Bonchev–Trinajstić information content (AvgIpc) is 3.14. The Labute approximate surface area is 212 Å². The van der Waals surface area contributed by atoms with E-state index >= 15 is 0 Å². The second-order valence-corrected chi connectivity index (χ2v) is 9.47. The molecule has 4 unspecified atom stereocenters. The predicted molar refractivity (Wildman–Crippen MR) is 137 cm³/mol. The van der Waals surface area contributed by atoms with Gasteiger partial charge in [0.05, 0.1) is 6.10 Å². The van der Waals surface area contributed by atoms with Crippen molar-refractivity contribution in [2.24, 2.45) is 5.92 Å². The van der Waals surface area contributed by atoms with E-state index in [-0.39, 0.29) is 37.2 Å². The second-order valence-electron chi connectivity index (χ2n) is 9.47. The van der Waals surface area contributed by atoms with Gasteiger partial charge < -0.3 is 33.3 Å². The fraction of sp³-hybridized carbons (Fsp3) is 0.500. The number of ketones is 1. The molecule has 9 nitrogen and oxygen atoms in total. The van der Waals surface area contributed by atoms with Crippen LogP contribution in [0.25, 0.3) is 6.08 Å². The zero-order valence-corrected chi connectivity index (χ0v) is 21.7. The van der Waals surface area contributed by atoms with Crippen LogP contribution in [0.4, 0.5) is 5.69 Å². The number of carbonyl (C=O) groups excluding carboxylic acids is 3. The van der Waals surface area contributed by atoms with Crippen molar-refractivity contribution in [3.05, 3.63) is 41.5 Å². The van der Waals surface area contributed by atoms with E-state index in [0.29, 0.717) is 17.7 Å². The van der Waals surface area contributed by atoms with Gasteiger partial charge in [-0.15, -0.1) is 0 Å². The fourth-order valence-electron chi connectivity index (χ4n) is 4.06. The van der Waals surface area contributed by atoms with Crippen LogP contribution in [0.3, 0.4) is 0 Å². The maximum Gasteiger partial charge on any atom is 0.342 e. The van der Waals surface area contributed by atoms with Gasteiger partial charge in [-0.05, 0) is 51.9 Å². The molecule has 0 bridgehead atoms. The monoisotopic (exact) mass is 499 g/mol. The summed E-state index contributed by atoms with van der Waals surface area (Å²) in [5, 5.41) is 0. The van der Waals surface area contributed by atoms with Gasteiger partial charge in [-0.2, -0.15) is 0 Å². The highest BCUT2D eigenvalue weighted by Crippen LogP contribution is 2.34. The molecule has 1 fully saturated rings. The first-order valence-electron chi connectivity index (χ1n) is 12.0. The molecule has 4 atom stereocenters. The van der Waals surface area contributed by atoms with E-state index < -0.39 is 30.1 Å². The van der Waals surface area contributed by atoms with Gasteiger partial charge in [0, 0.05) is 24.8 Å². The highest BCUT2D eigenvalue weighted by molar-refractivity contribution is 6.70. The lowest BCUT2D eigenvalue weighted by atomic mass is 9.93. The molecule has 1 aromatic carbocycles. The van der Waals surface area contributed by atoms with Gasteiger partial charge in [0.1, 0.15) is 29.7 Å². The zero-order chi connectivity index (χ0) is 26.5. The van der Waals surface area contributed by atoms with Gasteiger partial charge in [-0.1, -0.05) is 25.2 Å². The maximum atomic E-state index is 13.4. The Morgan fingerprint density at radius 2 is 1.94 bits per heavy atom. The Kier molecular flexibility index (Phi) is 9.11. The highest BCUT2D eigenvalue weighted by atomic mass is 16.8. The number of hydrogen-bond donors (Lipinski definition) is 0. The van der Waals surface area contributed by atoms with Crippen molar-refractivity contribution in [2.75, 3.05) is 25.8 Å². The van der Waals surface area contributed by atoms with Crippen LogP contribution in [0.2, 0.25) is 0 Å². The number of nitrogens with zero attached hydrogens (tertiary/aromatic N) is 1. The second kappa shape index (κ2) is 11.9. The largest absolute Gasteiger partial charge is 0.467 e. The van der Waals surface area contributed by atoms with Crippen molar-refractivity contribution in [3.8, 4) is 5.75 Å². The third-order valence-corrected chi connectivity index (χ3v) is 6.17. The van der Waals surface area contributed by atoms with E-state index in [0.717, 1.165) is 6.19 Å². The molecular weight excluding hydrogens is 465 g/mol. The molecular formula is C26H34BNO8. The first-order chi connectivity index (χ1) is 17.1. The van der Waals surface area contributed by atoms with Crippen molar-refractivity contribution in [1.29, 1.82) is 0 Å². The van der Waals surface area contributed by atoms with Gasteiger partial charge in [-0.25, -0.2) is 4.79 Å². The SMILES string of the molecule is COCOc1cc(N(C)BC=O)cc2c1C(=O)OC(C)C(C)/C=C\C(=O)C1OC(C)(C)OC1C/C=C/2. The van der Waals surface area contributed by atoms with Crippen LogP contribution in [0, 0.1) is 5.92 Å². The third-order valence-electron chi connectivity index (χ3n) is 6.17. The standard InChI is InChI=1S/C26H34BNO8/c1-16-10-11-20(30)24-21(35-26(3,4)36-24)9-7-8-18-12-19(28(5)27-14-29)13-22(33-15-32-6)23(18)25(31)34-17(16)2/h7-8,10-14,16-17,21,24,27H,9,15H2,1-6H3/b8-7+,11-10-. The topological polar surface area (TPSA) is 101 Å². The quantitative estimate of drug-likeness (QED) is 0.253. The summed E-state index contributed by atoms with van der Waals surface area (Å²) in [7, 11) is 3.40. The number of methoxy groups -OCH3 is 1. The van der Waals surface area contributed by atoms with E-state index in [2.05, 4.69) is 0 Å². The molecule has 10 heteroatoms. The molecule has 0 N–H and O–H groups in total.